The number of aliphatic hydroxyl groups excluding tert-OH is 1. The highest BCUT2D eigenvalue weighted by Crippen LogP contribution is 1.89. The third-order valence-electron chi connectivity index (χ3n) is 1.66. The highest BCUT2D eigenvalue weighted by Gasteiger charge is 2.14. The lowest BCUT2D eigenvalue weighted by atomic mass is 10.3. The zero-order valence-corrected chi connectivity index (χ0v) is 8.95. The molecule has 0 rings (SSSR count). The van der Waals surface area contributed by atoms with Crippen LogP contribution in [0.5, 0.6) is 0 Å². The topological polar surface area (TPSA) is 67.8 Å². The molecule has 2 atom stereocenters. The largest absolute Gasteiger partial charge is 0.465 e. The first-order valence-corrected chi connectivity index (χ1v) is 4.68. The predicted molar refractivity (Wildman–Crippen MR) is 52.0 cm³/mol. The Morgan fingerprint density at radius 2 is 2.21 bits per heavy atom. The molecule has 2 unspecified atom stereocenters. The Labute approximate surface area is 84.4 Å². The van der Waals surface area contributed by atoms with Gasteiger partial charge < -0.3 is 19.9 Å². The summed E-state index contributed by atoms with van der Waals surface area (Å²) in [7, 11) is 1.51. The smallest absolute Gasteiger partial charge is 0.322 e. The van der Waals surface area contributed by atoms with E-state index in [0.717, 1.165) is 0 Å². The van der Waals surface area contributed by atoms with Crippen molar-refractivity contribution in [2.75, 3.05) is 26.9 Å². The summed E-state index contributed by atoms with van der Waals surface area (Å²) in [5.74, 6) is -0.308. The number of esters is 1. The van der Waals surface area contributed by atoms with E-state index in [1.165, 1.54) is 7.11 Å². The van der Waals surface area contributed by atoms with Crippen molar-refractivity contribution >= 4 is 5.97 Å². The summed E-state index contributed by atoms with van der Waals surface area (Å²) in [6.07, 6.45) is -0.600. The molecule has 0 saturated heterocycles. The van der Waals surface area contributed by atoms with Gasteiger partial charge in [-0.15, -0.1) is 0 Å². The molecule has 2 N–H and O–H groups in total. The number of carbonyl (C=O) groups is 1. The summed E-state index contributed by atoms with van der Waals surface area (Å²) in [4.78, 5) is 11.1. The molecule has 0 amide bonds. The van der Waals surface area contributed by atoms with Crippen LogP contribution in [-0.2, 0) is 14.3 Å². The van der Waals surface area contributed by atoms with Crippen LogP contribution < -0.4 is 5.32 Å². The lowest BCUT2D eigenvalue weighted by molar-refractivity contribution is -0.145. The minimum absolute atomic E-state index is 0.253. The second-order valence-electron chi connectivity index (χ2n) is 2.99. The van der Waals surface area contributed by atoms with Crippen LogP contribution in [0.15, 0.2) is 0 Å². The number of carbonyl (C=O) groups excluding carboxylic acids is 1. The van der Waals surface area contributed by atoms with E-state index >= 15 is 0 Å². The van der Waals surface area contributed by atoms with E-state index in [2.05, 4.69) is 5.32 Å². The summed E-state index contributed by atoms with van der Waals surface area (Å²) < 4.78 is 9.52. The van der Waals surface area contributed by atoms with Gasteiger partial charge in [-0.05, 0) is 13.8 Å². The fourth-order valence-electron chi connectivity index (χ4n) is 0.915. The van der Waals surface area contributed by atoms with E-state index in [-0.39, 0.29) is 12.6 Å². The number of hydrogen-bond acceptors (Lipinski definition) is 5. The molecule has 0 aromatic rings. The van der Waals surface area contributed by atoms with Gasteiger partial charge >= 0.3 is 5.97 Å². The molecule has 0 radical (unpaired) electrons. The zero-order valence-electron chi connectivity index (χ0n) is 8.95. The Balaban J connectivity index is 3.61. The number of rotatable bonds is 7. The van der Waals surface area contributed by atoms with Crippen molar-refractivity contribution in [3.63, 3.8) is 0 Å². The Morgan fingerprint density at radius 1 is 1.57 bits per heavy atom. The maximum absolute atomic E-state index is 11.1. The van der Waals surface area contributed by atoms with Crippen molar-refractivity contribution in [3.8, 4) is 0 Å². The molecular weight excluding hydrogens is 186 g/mol. The van der Waals surface area contributed by atoms with E-state index in [1.54, 1.807) is 13.8 Å². The minimum Gasteiger partial charge on any atom is -0.465 e. The van der Waals surface area contributed by atoms with E-state index < -0.39 is 12.1 Å². The molecule has 0 saturated carbocycles. The van der Waals surface area contributed by atoms with Crippen LogP contribution in [0.2, 0.25) is 0 Å². The normalized spacial score (nSPS) is 14.9. The van der Waals surface area contributed by atoms with Gasteiger partial charge in [-0.2, -0.15) is 0 Å². The van der Waals surface area contributed by atoms with E-state index in [1.807, 2.05) is 0 Å². The van der Waals surface area contributed by atoms with Crippen LogP contribution in [0.3, 0.4) is 0 Å². The molecule has 0 spiro atoms. The van der Waals surface area contributed by atoms with Crippen LogP contribution in [0.4, 0.5) is 0 Å². The molecule has 84 valence electrons. The van der Waals surface area contributed by atoms with Gasteiger partial charge in [0.15, 0.2) is 0 Å². The molecule has 0 bridgehead atoms. The summed E-state index contributed by atoms with van der Waals surface area (Å²) in [6, 6.07) is -0.401. The van der Waals surface area contributed by atoms with Gasteiger partial charge in [0.2, 0.25) is 0 Å². The SMILES string of the molecule is CCOC(=O)C(C)NCC(O)COC. The van der Waals surface area contributed by atoms with Gasteiger partial charge in [0, 0.05) is 13.7 Å². The van der Waals surface area contributed by atoms with Crippen molar-refractivity contribution in [1.82, 2.24) is 5.32 Å². The van der Waals surface area contributed by atoms with E-state index in [0.29, 0.717) is 13.2 Å². The second kappa shape index (κ2) is 7.73. The first-order chi connectivity index (χ1) is 6.61. The summed E-state index contributed by atoms with van der Waals surface area (Å²) in [5, 5.41) is 12.1. The summed E-state index contributed by atoms with van der Waals surface area (Å²) >= 11 is 0. The molecule has 0 aromatic heterocycles. The fraction of sp³-hybridized carbons (Fsp3) is 0.889. The van der Waals surface area contributed by atoms with Crippen molar-refractivity contribution < 1.29 is 19.4 Å². The average molecular weight is 205 g/mol. The van der Waals surface area contributed by atoms with Gasteiger partial charge in [0.1, 0.15) is 6.04 Å². The molecule has 0 fully saturated rings. The van der Waals surface area contributed by atoms with E-state index in [4.69, 9.17) is 9.47 Å². The highest BCUT2D eigenvalue weighted by atomic mass is 16.5. The van der Waals surface area contributed by atoms with Gasteiger partial charge in [-0.25, -0.2) is 0 Å². The Morgan fingerprint density at radius 3 is 2.71 bits per heavy atom. The predicted octanol–water partition coefficient (Wildman–Crippen LogP) is -0.465. The molecule has 14 heavy (non-hydrogen) atoms. The van der Waals surface area contributed by atoms with E-state index in [9.17, 15) is 9.90 Å². The molecular formula is C9H19NO4. The lowest BCUT2D eigenvalue weighted by Gasteiger charge is -2.15. The van der Waals surface area contributed by atoms with Crippen molar-refractivity contribution in [2.24, 2.45) is 0 Å². The maximum atomic E-state index is 11.1. The molecule has 0 aliphatic heterocycles. The van der Waals surface area contributed by atoms with Gasteiger partial charge in [0.25, 0.3) is 0 Å². The van der Waals surface area contributed by atoms with Crippen LogP contribution in [0.25, 0.3) is 0 Å². The highest BCUT2D eigenvalue weighted by molar-refractivity contribution is 5.75. The van der Waals surface area contributed by atoms with Gasteiger partial charge in [0.05, 0.1) is 19.3 Å². The standard InChI is InChI=1S/C9H19NO4/c1-4-14-9(12)7(2)10-5-8(11)6-13-3/h7-8,10-11H,4-6H2,1-3H3. The van der Waals surface area contributed by atoms with Crippen LogP contribution in [0.1, 0.15) is 13.8 Å². The van der Waals surface area contributed by atoms with Crippen LogP contribution in [0, 0.1) is 0 Å². The molecule has 0 aliphatic rings. The third kappa shape index (κ3) is 5.90. The minimum atomic E-state index is -0.600. The van der Waals surface area contributed by atoms with Gasteiger partial charge in [-0.1, -0.05) is 0 Å². The maximum Gasteiger partial charge on any atom is 0.322 e. The second-order valence-corrected chi connectivity index (χ2v) is 2.99. The third-order valence-corrected chi connectivity index (χ3v) is 1.66. The average Bonchev–Trinajstić information content (AvgIpc) is 2.15. The molecule has 5 nitrogen and oxygen atoms in total. The Bertz CT molecular complexity index is 163. The zero-order chi connectivity index (χ0) is 11.0. The van der Waals surface area contributed by atoms with Gasteiger partial charge in [-0.3, -0.25) is 4.79 Å². The monoisotopic (exact) mass is 205 g/mol. The van der Waals surface area contributed by atoms with Crippen molar-refractivity contribution in [1.29, 1.82) is 0 Å². The van der Waals surface area contributed by atoms with Crippen molar-refractivity contribution in [2.45, 2.75) is 26.0 Å². The number of nitrogens with one attached hydrogen (secondary N) is 1. The molecule has 5 heteroatoms. The first-order valence-electron chi connectivity index (χ1n) is 4.68. The Hall–Kier alpha value is -0.650. The lowest BCUT2D eigenvalue weighted by Crippen LogP contribution is -2.41. The summed E-state index contributed by atoms with van der Waals surface area (Å²) in [6.45, 7) is 4.38. The molecule has 0 heterocycles. The summed E-state index contributed by atoms with van der Waals surface area (Å²) in [5.41, 5.74) is 0. The number of methoxy groups -OCH3 is 1. The molecule has 0 aliphatic carbocycles. The first kappa shape index (κ1) is 13.4. The molecule has 0 aromatic carbocycles. The number of aliphatic hydroxyl groups is 1. The number of hydrogen-bond donors (Lipinski definition) is 2. The van der Waals surface area contributed by atoms with Crippen LogP contribution in [-0.4, -0.2) is 50.1 Å². The quantitative estimate of drug-likeness (QED) is 0.550. The van der Waals surface area contributed by atoms with Crippen molar-refractivity contribution in [3.05, 3.63) is 0 Å². The fourth-order valence-corrected chi connectivity index (χ4v) is 0.915. The number of ether oxygens (including phenoxy) is 2. The Kier molecular flexibility index (Phi) is 7.37. The van der Waals surface area contributed by atoms with Crippen LogP contribution >= 0.6 is 0 Å².